The van der Waals surface area contributed by atoms with Crippen LogP contribution in [0.1, 0.15) is 13.3 Å². The first-order valence-electron chi connectivity index (χ1n) is 7.05. The monoisotopic (exact) mass is 449 g/mol. The minimum Gasteiger partial charge on any atom is -0.390 e. The highest BCUT2D eigenvalue weighted by molar-refractivity contribution is 9.13. The van der Waals surface area contributed by atoms with E-state index in [9.17, 15) is 15.2 Å². The average Bonchev–Trinajstić information content (AvgIpc) is 2.83. The molecule has 0 radical (unpaired) electrons. The number of hydrogen-bond acceptors (Lipinski definition) is 6. The van der Waals surface area contributed by atoms with E-state index in [0.29, 0.717) is 32.5 Å². The van der Waals surface area contributed by atoms with Crippen LogP contribution in [-0.4, -0.2) is 38.8 Å². The van der Waals surface area contributed by atoms with E-state index in [1.165, 1.54) is 0 Å². The molecule has 0 aliphatic heterocycles. The summed E-state index contributed by atoms with van der Waals surface area (Å²) in [6, 6.07) is 1.79. The molecular formula is C13H17Br2N5O3. The molecule has 0 bridgehead atoms. The predicted molar refractivity (Wildman–Crippen MR) is 95.6 cm³/mol. The first-order valence-corrected chi connectivity index (χ1v) is 8.63. The van der Waals surface area contributed by atoms with Crippen LogP contribution in [0.15, 0.2) is 15.0 Å². The largest absolute Gasteiger partial charge is 0.390 e. The average molecular weight is 451 g/mol. The van der Waals surface area contributed by atoms with Crippen LogP contribution >= 0.6 is 31.9 Å². The highest BCUT2D eigenvalue weighted by Crippen LogP contribution is 2.39. The van der Waals surface area contributed by atoms with Gasteiger partial charge in [-0.05, 0) is 44.3 Å². The summed E-state index contributed by atoms with van der Waals surface area (Å²) in [5, 5.41) is 24.0. The van der Waals surface area contributed by atoms with Crippen LogP contribution in [-0.2, 0) is 6.54 Å². The Morgan fingerprint density at radius 1 is 1.57 bits per heavy atom. The predicted octanol–water partition coefficient (Wildman–Crippen LogP) is 2.61. The van der Waals surface area contributed by atoms with Crippen LogP contribution in [0.25, 0.3) is 11.0 Å². The molecule has 2 aromatic rings. The molecule has 1 heterocycles. The molecule has 0 saturated heterocycles. The SMILES string of the molecule is CCCn1c(NCC(O)CN)nc2c([N+](=O)[O-])c(Br)c(Br)cc21. The van der Waals surface area contributed by atoms with E-state index in [4.69, 9.17) is 5.73 Å². The molecule has 0 saturated carbocycles. The third-order valence-electron chi connectivity index (χ3n) is 3.31. The van der Waals surface area contributed by atoms with Crippen molar-refractivity contribution in [2.75, 3.05) is 18.4 Å². The number of nitrogens with two attached hydrogens (primary N) is 1. The molecule has 0 amide bonds. The van der Waals surface area contributed by atoms with Gasteiger partial charge in [-0.1, -0.05) is 6.92 Å². The molecule has 1 unspecified atom stereocenters. The van der Waals surface area contributed by atoms with Crippen molar-refractivity contribution >= 4 is 54.5 Å². The smallest absolute Gasteiger partial charge is 0.312 e. The van der Waals surface area contributed by atoms with E-state index < -0.39 is 11.0 Å². The summed E-state index contributed by atoms with van der Waals surface area (Å²) in [5.74, 6) is 0.474. The van der Waals surface area contributed by atoms with Crippen LogP contribution in [0.5, 0.6) is 0 Å². The van der Waals surface area contributed by atoms with Crippen LogP contribution in [0.3, 0.4) is 0 Å². The van der Waals surface area contributed by atoms with Crippen LogP contribution in [0, 0.1) is 10.1 Å². The fraction of sp³-hybridized carbons (Fsp3) is 0.462. The Morgan fingerprint density at radius 3 is 2.83 bits per heavy atom. The highest BCUT2D eigenvalue weighted by Gasteiger charge is 2.25. The molecule has 1 aromatic heterocycles. The number of fused-ring (bicyclic) bond motifs is 1. The normalized spacial score (nSPS) is 12.6. The first kappa shape index (κ1) is 18.1. The second-order valence-corrected chi connectivity index (χ2v) is 6.65. The van der Waals surface area contributed by atoms with E-state index in [1.807, 2.05) is 11.5 Å². The minimum atomic E-state index is -0.710. The Kier molecular flexibility index (Phi) is 5.95. The second kappa shape index (κ2) is 7.56. The number of hydrogen-bond donors (Lipinski definition) is 3. The third-order valence-corrected chi connectivity index (χ3v) is 5.27. The number of rotatable bonds is 7. The molecule has 126 valence electrons. The Hall–Kier alpha value is -1.23. The summed E-state index contributed by atoms with van der Waals surface area (Å²) in [7, 11) is 0. The lowest BCUT2D eigenvalue weighted by molar-refractivity contribution is -0.384. The van der Waals surface area contributed by atoms with Crippen molar-refractivity contribution in [1.82, 2.24) is 9.55 Å². The van der Waals surface area contributed by atoms with Crippen molar-refractivity contribution in [2.45, 2.75) is 26.0 Å². The van der Waals surface area contributed by atoms with Crippen LogP contribution in [0.4, 0.5) is 11.6 Å². The number of aromatic nitrogens is 2. The minimum absolute atomic E-state index is 0.0911. The zero-order chi connectivity index (χ0) is 17.1. The van der Waals surface area contributed by atoms with Crippen LogP contribution in [0.2, 0.25) is 0 Å². The standard InChI is InChI=1S/C13H17Br2N5O3/c1-2-3-19-9-4-8(14)10(15)12(20(22)23)11(9)18-13(19)17-6-7(21)5-16/h4,7,21H,2-3,5-6,16H2,1H3,(H,17,18). The van der Waals surface area contributed by atoms with E-state index in [1.54, 1.807) is 6.07 Å². The zero-order valence-corrected chi connectivity index (χ0v) is 15.6. The lowest BCUT2D eigenvalue weighted by Crippen LogP contribution is -2.28. The van der Waals surface area contributed by atoms with Gasteiger partial charge in [0.1, 0.15) is 4.47 Å². The molecule has 10 heteroatoms. The number of halogens is 2. The van der Waals surface area contributed by atoms with Gasteiger partial charge in [-0.25, -0.2) is 4.98 Å². The Balaban J connectivity index is 2.61. The molecule has 0 aliphatic carbocycles. The molecule has 23 heavy (non-hydrogen) atoms. The maximum absolute atomic E-state index is 11.4. The molecular weight excluding hydrogens is 434 g/mol. The quantitative estimate of drug-likeness (QED) is 0.440. The highest BCUT2D eigenvalue weighted by atomic mass is 79.9. The number of anilines is 1. The van der Waals surface area contributed by atoms with Gasteiger partial charge in [-0.15, -0.1) is 0 Å². The van der Waals surface area contributed by atoms with Gasteiger partial charge >= 0.3 is 5.69 Å². The topological polar surface area (TPSA) is 119 Å². The van der Waals surface area contributed by atoms with Gasteiger partial charge in [0.2, 0.25) is 5.95 Å². The third kappa shape index (κ3) is 3.65. The molecule has 2 rings (SSSR count). The van der Waals surface area contributed by atoms with Gasteiger partial charge in [-0.3, -0.25) is 10.1 Å². The number of aliphatic hydroxyl groups is 1. The number of nitrogens with one attached hydrogen (secondary N) is 1. The van der Waals surface area contributed by atoms with E-state index in [0.717, 1.165) is 6.42 Å². The van der Waals surface area contributed by atoms with Crippen molar-refractivity contribution in [3.63, 3.8) is 0 Å². The molecule has 0 aliphatic rings. The number of nitro groups is 1. The number of imidazole rings is 1. The summed E-state index contributed by atoms with van der Waals surface area (Å²) in [4.78, 5) is 15.3. The van der Waals surface area contributed by atoms with E-state index in [2.05, 4.69) is 42.2 Å². The molecule has 8 nitrogen and oxygen atoms in total. The summed E-state index contributed by atoms with van der Waals surface area (Å²) in [6.07, 6.45) is 0.125. The summed E-state index contributed by atoms with van der Waals surface area (Å²) < 4.78 is 2.80. The number of aryl methyl sites for hydroxylation is 1. The van der Waals surface area contributed by atoms with Crippen molar-refractivity contribution < 1.29 is 10.0 Å². The number of aliphatic hydroxyl groups excluding tert-OH is 1. The van der Waals surface area contributed by atoms with E-state index in [-0.39, 0.29) is 18.8 Å². The van der Waals surface area contributed by atoms with Crippen molar-refractivity contribution in [2.24, 2.45) is 5.73 Å². The summed E-state index contributed by atoms with van der Waals surface area (Å²) in [5.41, 5.74) is 6.25. The van der Waals surface area contributed by atoms with Gasteiger partial charge < -0.3 is 20.7 Å². The number of nitro benzene ring substituents is 1. The second-order valence-electron chi connectivity index (χ2n) is 5.00. The molecule has 4 N–H and O–H groups in total. The van der Waals surface area contributed by atoms with E-state index >= 15 is 0 Å². The Morgan fingerprint density at radius 2 is 2.26 bits per heavy atom. The first-order chi connectivity index (χ1) is 10.9. The number of benzene rings is 1. The molecule has 1 atom stereocenters. The molecule has 0 fully saturated rings. The maximum atomic E-state index is 11.4. The number of nitrogens with zero attached hydrogens (tertiary/aromatic N) is 3. The Labute approximate surface area is 149 Å². The molecule has 1 aromatic carbocycles. The van der Waals surface area contributed by atoms with Gasteiger partial charge in [0, 0.05) is 24.1 Å². The Bertz CT molecular complexity index is 734. The molecule has 0 spiro atoms. The summed E-state index contributed by atoms with van der Waals surface area (Å²) in [6.45, 7) is 2.99. The lowest BCUT2D eigenvalue weighted by Gasteiger charge is -2.12. The van der Waals surface area contributed by atoms with Gasteiger partial charge in [0.15, 0.2) is 5.52 Å². The zero-order valence-electron chi connectivity index (χ0n) is 12.4. The lowest BCUT2D eigenvalue weighted by atomic mass is 10.2. The summed E-state index contributed by atoms with van der Waals surface area (Å²) >= 11 is 6.57. The van der Waals surface area contributed by atoms with Gasteiger partial charge in [0.25, 0.3) is 0 Å². The fourth-order valence-electron chi connectivity index (χ4n) is 2.23. The van der Waals surface area contributed by atoms with Gasteiger partial charge in [-0.2, -0.15) is 0 Å². The van der Waals surface area contributed by atoms with Crippen molar-refractivity contribution in [3.8, 4) is 0 Å². The van der Waals surface area contributed by atoms with Gasteiger partial charge in [0.05, 0.1) is 16.5 Å². The van der Waals surface area contributed by atoms with Crippen LogP contribution < -0.4 is 11.1 Å². The van der Waals surface area contributed by atoms with Crippen molar-refractivity contribution in [3.05, 3.63) is 25.1 Å². The maximum Gasteiger partial charge on any atom is 0.312 e. The fourth-order valence-corrected chi connectivity index (χ4v) is 3.08. The van der Waals surface area contributed by atoms with Crippen molar-refractivity contribution in [1.29, 1.82) is 0 Å².